The highest BCUT2D eigenvalue weighted by molar-refractivity contribution is 5.91. The maximum atomic E-state index is 12.4. The molecule has 0 aliphatic rings. The number of aromatic nitrogens is 1. The van der Waals surface area contributed by atoms with Gasteiger partial charge in [-0.2, -0.15) is 13.2 Å². The van der Waals surface area contributed by atoms with E-state index in [2.05, 4.69) is 18.8 Å². The minimum Gasteiger partial charge on any atom is -0.383 e. The van der Waals surface area contributed by atoms with Crippen LogP contribution >= 0.6 is 0 Å². The fourth-order valence-electron chi connectivity index (χ4n) is 1.37. The first-order chi connectivity index (χ1) is 8.40. The number of nitrogens with two attached hydrogens (primary N) is 1. The van der Waals surface area contributed by atoms with Crippen molar-refractivity contribution < 1.29 is 13.2 Å². The van der Waals surface area contributed by atoms with Crippen molar-refractivity contribution in [1.29, 1.82) is 0 Å². The van der Waals surface area contributed by atoms with E-state index < -0.39 is 11.9 Å². The van der Waals surface area contributed by atoms with Gasteiger partial charge in [0, 0.05) is 5.39 Å². The van der Waals surface area contributed by atoms with Crippen molar-refractivity contribution in [2.24, 2.45) is 0 Å². The zero-order valence-corrected chi connectivity index (χ0v) is 10.3. The van der Waals surface area contributed by atoms with Crippen molar-refractivity contribution in [3.05, 3.63) is 36.0 Å². The predicted octanol–water partition coefficient (Wildman–Crippen LogP) is 4.25. The van der Waals surface area contributed by atoms with Crippen LogP contribution in [0.4, 0.5) is 19.0 Å². The average Bonchev–Trinajstić information content (AvgIpc) is 2.29. The number of nitrogen functional groups attached to an aromatic ring is 1. The van der Waals surface area contributed by atoms with E-state index in [0.29, 0.717) is 10.8 Å². The Morgan fingerprint density at radius 2 is 1.72 bits per heavy atom. The standard InChI is InChI=1S/C10H7F3N2.C3H8/c11-10(12,13)8-5-6-3-1-2-4-7(6)9(14)15-8;1-3-2/h1-5H,(H2,14,15);3H2,1-2H3. The first-order valence-corrected chi connectivity index (χ1v) is 5.62. The van der Waals surface area contributed by atoms with Crippen molar-refractivity contribution in [3.63, 3.8) is 0 Å². The number of halogens is 3. The van der Waals surface area contributed by atoms with Crippen LogP contribution in [0.15, 0.2) is 30.3 Å². The summed E-state index contributed by atoms with van der Waals surface area (Å²) >= 11 is 0. The van der Waals surface area contributed by atoms with Crippen LogP contribution in [0.2, 0.25) is 0 Å². The van der Waals surface area contributed by atoms with Gasteiger partial charge in [-0.05, 0) is 11.5 Å². The first kappa shape index (κ1) is 14.3. The van der Waals surface area contributed by atoms with Crippen molar-refractivity contribution in [2.45, 2.75) is 26.4 Å². The second-order valence-corrected chi connectivity index (χ2v) is 3.82. The molecule has 0 unspecified atom stereocenters. The van der Waals surface area contributed by atoms with Gasteiger partial charge in [-0.25, -0.2) is 4.98 Å². The number of fused-ring (bicyclic) bond motifs is 1. The summed E-state index contributed by atoms with van der Waals surface area (Å²) in [5.74, 6) is -0.0968. The summed E-state index contributed by atoms with van der Waals surface area (Å²) in [6.45, 7) is 4.25. The van der Waals surface area contributed by atoms with Gasteiger partial charge < -0.3 is 5.73 Å². The van der Waals surface area contributed by atoms with Gasteiger partial charge in [0.2, 0.25) is 0 Å². The van der Waals surface area contributed by atoms with Crippen LogP contribution in [-0.2, 0) is 6.18 Å². The molecule has 18 heavy (non-hydrogen) atoms. The SMILES string of the molecule is CCC.Nc1nc(C(F)(F)F)cc2ccccc12. The van der Waals surface area contributed by atoms with E-state index in [4.69, 9.17) is 5.73 Å². The summed E-state index contributed by atoms with van der Waals surface area (Å²) in [6.07, 6.45) is -3.21. The van der Waals surface area contributed by atoms with Crippen LogP contribution in [0.3, 0.4) is 0 Å². The largest absolute Gasteiger partial charge is 0.433 e. The second-order valence-electron chi connectivity index (χ2n) is 3.82. The Hall–Kier alpha value is -1.78. The Morgan fingerprint density at radius 1 is 1.17 bits per heavy atom. The molecule has 2 aromatic rings. The highest BCUT2D eigenvalue weighted by Gasteiger charge is 2.33. The van der Waals surface area contributed by atoms with E-state index in [1.807, 2.05) is 0 Å². The summed E-state index contributed by atoms with van der Waals surface area (Å²) in [6, 6.07) is 7.56. The van der Waals surface area contributed by atoms with Crippen LogP contribution in [-0.4, -0.2) is 4.98 Å². The van der Waals surface area contributed by atoms with Gasteiger partial charge in [-0.1, -0.05) is 44.5 Å². The normalized spacial score (nSPS) is 10.9. The molecule has 2 nitrogen and oxygen atoms in total. The zero-order chi connectivity index (χ0) is 13.8. The minimum atomic E-state index is -4.46. The van der Waals surface area contributed by atoms with Gasteiger partial charge in [0.1, 0.15) is 11.5 Å². The Balaban J connectivity index is 0.000000492. The number of benzene rings is 1. The molecule has 2 N–H and O–H groups in total. The fraction of sp³-hybridized carbons (Fsp3) is 0.308. The predicted molar refractivity (Wildman–Crippen MR) is 67.1 cm³/mol. The highest BCUT2D eigenvalue weighted by atomic mass is 19.4. The number of nitrogens with zero attached hydrogens (tertiary/aromatic N) is 1. The number of rotatable bonds is 0. The van der Waals surface area contributed by atoms with Crippen LogP contribution in [0.1, 0.15) is 26.0 Å². The molecule has 0 radical (unpaired) electrons. The molecule has 0 spiro atoms. The Kier molecular flexibility index (Phi) is 4.53. The quantitative estimate of drug-likeness (QED) is 0.765. The summed E-state index contributed by atoms with van der Waals surface area (Å²) in [5, 5.41) is 0.975. The summed E-state index contributed by atoms with van der Waals surface area (Å²) in [5.41, 5.74) is 4.48. The fourth-order valence-corrected chi connectivity index (χ4v) is 1.37. The number of alkyl halides is 3. The van der Waals surface area contributed by atoms with E-state index in [0.717, 1.165) is 6.07 Å². The van der Waals surface area contributed by atoms with Crippen molar-refractivity contribution in [1.82, 2.24) is 4.98 Å². The van der Waals surface area contributed by atoms with Crippen LogP contribution in [0.5, 0.6) is 0 Å². The topological polar surface area (TPSA) is 38.9 Å². The molecule has 0 aliphatic heterocycles. The monoisotopic (exact) mass is 256 g/mol. The summed E-state index contributed by atoms with van der Waals surface area (Å²) in [7, 11) is 0. The molecule has 1 aromatic heterocycles. The molecular formula is C13H15F3N2. The molecule has 1 aromatic carbocycles. The second kappa shape index (κ2) is 5.71. The van der Waals surface area contributed by atoms with E-state index in [-0.39, 0.29) is 5.82 Å². The molecule has 98 valence electrons. The molecular weight excluding hydrogens is 241 g/mol. The van der Waals surface area contributed by atoms with Crippen molar-refractivity contribution >= 4 is 16.6 Å². The molecule has 0 aliphatic carbocycles. The van der Waals surface area contributed by atoms with Gasteiger partial charge >= 0.3 is 6.18 Å². The van der Waals surface area contributed by atoms with Crippen LogP contribution in [0, 0.1) is 0 Å². The lowest BCUT2D eigenvalue weighted by Gasteiger charge is -2.08. The lowest BCUT2D eigenvalue weighted by molar-refractivity contribution is -0.140. The molecule has 0 saturated carbocycles. The molecule has 0 fully saturated rings. The third-order valence-corrected chi connectivity index (χ3v) is 2.06. The van der Waals surface area contributed by atoms with Gasteiger partial charge in [0.05, 0.1) is 0 Å². The van der Waals surface area contributed by atoms with E-state index in [1.165, 1.54) is 6.42 Å². The number of hydrogen-bond donors (Lipinski definition) is 1. The number of pyridine rings is 1. The molecule has 0 atom stereocenters. The summed E-state index contributed by atoms with van der Waals surface area (Å²) < 4.78 is 37.1. The summed E-state index contributed by atoms with van der Waals surface area (Å²) in [4.78, 5) is 3.33. The lowest BCUT2D eigenvalue weighted by atomic mass is 10.1. The Labute approximate surface area is 104 Å². The number of hydrogen-bond acceptors (Lipinski definition) is 2. The van der Waals surface area contributed by atoms with Gasteiger partial charge in [-0.3, -0.25) is 0 Å². The third-order valence-electron chi connectivity index (χ3n) is 2.06. The van der Waals surface area contributed by atoms with E-state index >= 15 is 0 Å². The molecule has 1 heterocycles. The van der Waals surface area contributed by atoms with Gasteiger partial charge in [0.15, 0.2) is 0 Å². The number of anilines is 1. The Morgan fingerprint density at radius 3 is 2.28 bits per heavy atom. The van der Waals surface area contributed by atoms with Crippen LogP contribution in [0.25, 0.3) is 10.8 Å². The Bertz CT molecular complexity index is 521. The van der Waals surface area contributed by atoms with E-state index in [9.17, 15) is 13.2 Å². The smallest absolute Gasteiger partial charge is 0.383 e. The first-order valence-electron chi connectivity index (χ1n) is 5.62. The van der Waals surface area contributed by atoms with Crippen molar-refractivity contribution in [2.75, 3.05) is 5.73 Å². The molecule has 2 rings (SSSR count). The third kappa shape index (κ3) is 3.35. The maximum Gasteiger partial charge on any atom is 0.433 e. The lowest BCUT2D eigenvalue weighted by Crippen LogP contribution is -2.09. The van der Waals surface area contributed by atoms with Gasteiger partial charge in [0.25, 0.3) is 0 Å². The average molecular weight is 256 g/mol. The molecule has 0 amide bonds. The maximum absolute atomic E-state index is 12.4. The van der Waals surface area contributed by atoms with Gasteiger partial charge in [-0.15, -0.1) is 0 Å². The molecule has 0 bridgehead atoms. The zero-order valence-electron chi connectivity index (χ0n) is 10.3. The molecule has 5 heteroatoms. The van der Waals surface area contributed by atoms with Crippen LogP contribution < -0.4 is 5.73 Å². The van der Waals surface area contributed by atoms with Crippen molar-refractivity contribution in [3.8, 4) is 0 Å². The minimum absolute atomic E-state index is 0.0968. The molecule has 0 saturated heterocycles. The highest BCUT2D eigenvalue weighted by Crippen LogP contribution is 2.31. The van der Waals surface area contributed by atoms with E-state index in [1.54, 1.807) is 24.3 Å².